The average molecular weight is 470 g/mol. The number of nitrogens with one attached hydrogen (secondary N) is 1. The van der Waals surface area contributed by atoms with Crippen LogP contribution in [0.2, 0.25) is 10.0 Å². The minimum Gasteiger partial charge on any atom is -0.324 e. The minimum absolute atomic E-state index is 0.169. The van der Waals surface area contributed by atoms with Crippen LogP contribution in [0, 0.1) is 25.7 Å². The number of imide groups is 1. The highest BCUT2D eigenvalue weighted by Gasteiger charge is 2.74. The predicted molar refractivity (Wildman–Crippen MR) is 122 cm³/mol. The van der Waals surface area contributed by atoms with Crippen molar-refractivity contribution in [3.05, 3.63) is 57.1 Å². The lowest BCUT2D eigenvalue weighted by molar-refractivity contribution is -0.135. The number of anilines is 2. The SMILES string of the molecule is Cc1ccc2c(c1C)NC(=O)[C@@]21[C@@H]2C(=O)N(c3cc(Cl)ccc3Cl)C(=O)[C@H]2[C@H]2CCCN21. The molecule has 0 saturated carbocycles. The van der Waals surface area contributed by atoms with E-state index >= 15 is 0 Å². The van der Waals surface area contributed by atoms with Crippen LogP contribution in [-0.2, 0) is 19.9 Å². The standard InChI is InChI=1S/C24H21Cl2N3O3/c1-11-5-7-14-20(12(11)2)27-23(32)24(14)19-18(16-4-3-9-28(16)24)21(30)29(22(19)31)17-10-13(25)6-8-15(17)26/h5-8,10,16,18-19H,3-4,9H2,1-2H3,(H,27,32)/t16-,18+,19+,24+/m1/s1. The molecular weight excluding hydrogens is 449 g/mol. The van der Waals surface area contributed by atoms with Crippen molar-refractivity contribution in [2.24, 2.45) is 11.8 Å². The minimum atomic E-state index is -1.19. The van der Waals surface area contributed by atoms with Crippen LogP contribution in [0.25, 0.3) is 0 Å². The van der Waals surface area contributed by atoms with E-state index in [-0.39, 0.29) is 34.5 Å². The fourth-order valence-electron chi connectivity index (χ4n) is 6.41. The Labute approximate surface area is 195 Å². The van der Waals surface area contributed by atoms with Gasteiger partial charge in [-0.1, -0.05) is 35.3 Å². The molecule has 3 fully saturated rings. The van der Waals surface area contributed by atoms with E-state index in [0.29, 0.717) is 11.6 Å². The molecule has 0 radical (unpaired) electrons. The van der Waals surface area contributed by atoms with Crippen LogP contribution < -0.4 is 10.2 Å². The zero-order chi connectivity index (χ0) is 22.5. The van der Waals surface area contributed by atoms with Gasteiger partial charge in [-0.2, -0.15) is 0 Å². The van der Waals surface area contributed by atoms with Crippen molar-refractivity contribution in [1.82, 2.24) is 4.90 Å². The molecule has 2 aromatic carbocycles. The molecule has 6 nitrogen and oxygen atoms in total. The molecule has 1 spiro atoms. The molecule has 0 unspecified atom stereocenters. The molecule has 0 aliphatic carbocycles. The maximum absolute atomic E-state index is 14.0. The third kappa shape index (κ3) is 2.23. The maximum atomic E-state index is 14.0. The second kappa shape index (κ2) is 6.56. The number of benzene rings is 2. The summed E-state index contributed by atoms with van der Waals surface area (Å²) >= 11 is 12.5. The molecule has 4 aliphatic heterocycles. The van der Waals surface area contributed by atoms with Gasteiger partial charge in [0.25, 0.3) is 0 Å². The van der Waals surface area contributed by atoms with Gasteiger partial charge in [0.15, 0.2) is 0 Å². The van der Waals surface area contributed by atoms with Crippen molar-refractivity contribution in [2.45, 2.75) is 38.3 Å². The van der Waals surface area contributed by atoms with Gasteiger partial charge in [0, 0.05) is 22.3 Å². The van der Waals surface area contributed by atoms with Crippen LogP contribution in [0.15, 0.2) is 30.3 Å². The normalized spacial score (nSPS) is 30.8. The van der Waals surface area contributed by atoms with Crippen LogP contribution in [0.3, 0.4) is 0 Å². The Morgan fingerprint density at radius 3 is 2.62 bits per heavy atom. The first-order chi connectivity index (χ1) is 15.3. The molecular formula is C24H21Cl2N3O3. The Balaban J connectivity index is 1.58. The number of amides is 3. The second-order valence-corrected chi connectivity index (χ2v) is 10.0. The Hall–Kier alpha value is -2.41. The molecule has 164 valence electrons. The third-order valence-electron chi connectivity index (χ3n) is 7.85. The molecule has 8 heteroatoms. The van der Waals surface area contributed by atoms with E-state index in [1.165, 1.54) is 6.07 Å². The smallest absolute Gasteiger partial charge is 0.250 e. The van der Waals surface area contributed by atoms with Gasteiger partial charge in [-0.25, -0.2) is 4.90 Å². The quantitative estimate of drug-likeness (QED) is 0.639. The van der Waals surface area contributed by atoms with Crippen molar-refractivity contribution in [1.29, 1.82) is 0 Å². The Morgan fingerprint density at radius 1 is 1.06 bits per heavy atom. The Kier molecular flexibility index (Phi) is 4.15. The lowest BCUT2D eigenvalue weighted by atomic mass is 9.75. The highest BCUT2D eigenvalue weighted by atomic mass is 35.5. The van der Waals surface area contributed by atoms with Crippen molar-refractivity contribution in [3.8, 4) is 0 Å². The Morgan fingerprint density at radius 2 is 1.84 bits per heavy atom. The fraction of sp³-hybridized carbons (Fsp3) is 0.375. The van der Waals surface area contributed by atoms with E-state index in [1.807, 2.05) is 26.0 Å². The zero-order valence-electron chi connectivity index (χ0n) is 17.6. The molecule has 4 atom stereocenters. The maximum Gasteiger partial charge on any atom is 0.250 e. The number of carbonyl (C=O) groups excluding carboxylic acids is 3. The molecule has 1 N–H and O–H groups in total. The first-order valence-corrected chi connectivity index (χ1v) is 11.6. The summed E-state index contributed by atoms with van der Waals surface area (Å²) in [6.07, 6.45) is 1.65. The van der Waals surface area contributed by atoms with Crippen LogP contribution in [-0.4, -0.2) is 35.2 Å². The summed E-state index contributed by atoms with van der Waals surface area (Å²) in [5.41, 5.74) is 2.70. The van der Waals surface area contributed by atoms with E-state index in [4.69, 9.17) is 23.2 Å². The summed E-state index contributed by atoms with van der Waals surface area (Å²) in [6, 6.07) is 8.50. The molecule has 6 rings (SSSR count). The van der Waals surface area contributed by atoms with E-state index in [0.717, 1.165) is 40.1 Å². The molecule has 0 bridgehead atoms. The largest absolute Gasteiger partial charge is 0.324 e. The average Bonchev–Trinajstić information content (AvgIpc) is 3.46. The summed E-state index contributed by atoms with van der Waals surface area (Å²) in [7, 11) is 0. The summed E-state index contributed by atoms with van der Waals surface area (Å²) < 4.78 is 0. The number of rotatable bonds is 1. The van der Waals surface area contributed by atoms with E-state index in [1.54, 1.807) is 12.1 Å². The third-order valence-corrected chi connectivity index (χ3v) is 8.40. The summed E-state index contributed by atoms with van der Waals surface area (Å²) in [5, 5.41) is 3.72. The highest BCUT2D eigenvalue weighted by Crippen LogP contribution is 2.61. The monoisotopic (exact) mass is 469 g/mol. The van der Waals surface area contributed by atoms with Gasteiger partial charge in [0.05, 0.1) is 22.5 Å². The number of hydrogen-bond donors (Lipinski definition) is 1. The summed E-state index contributed by atoms with van der Waals surface area (Å²) in [6.45, 7) is 4.65. The second-order valence-electron chi connectivity index (χ2n) is 9.16. The first kappa shape index (κ1) is 20.2. The fourth-order valence-corrected chi connectivity index (χ4v) is 6.78. The topological polar surface area (TPSA) is 69.7 Å². The zero-order valence-corrected chi connectivity index (χ0v) is 19.1. The lowest BCUT2D eigenvalue weighted by Crippen LogP contribution is -2.54. The molecule has 4 heterocycles. The van der Waals surface area contributed by atoms with Gasteiger partial charge in [0.1, 0.15) is 5.54 Å². The van der Waals surface area contributed by atoms with Gasteiger partial charge in [-0.3, -0.25) is 19.3 Å². The predicted octanol–water partition coefficient (Wildman–Crippen LogP) is 4.04. The van der Waals surface area contributed by atoms with Crippen LogP contribution in [0.5, 0.6) is 0 Å². The van der Waals surface area contributed by atoms with Crippen LogP contribution >= 0.6 is 23.2 Å². The number of nitrogens with zero attached hydrogens (tertiary/aromatic N) is 2. The highest BCUT2D eigenvalue weighted by molar-refractivity contribution is 6.38. The van der Waals surface area contributed by atoms with Gasteiger partial charge < -0.3 is 5.32 Å². The molecule has 3 saturated heterocycles. The first-order valence-electron chi connectivity index (χ1n) is 10.8. The number of aryl methyl sites for hydroxylation is 1. The van der Waals surface area contributed by atoms with Gasteiger partial charge in [-0.15, -0.1) is 0 Å². The lowest BCUT2D eigenvalue weighted by Gasteiger charge is -2.36. The van der Waals surface area contributed by atoms with E-state index in [9.17, 15) is 14.4 Å². The molecule has 2 aromatic rings. The van der Waals surface area contributed by atoms with Crippen molar-refractivity contribution < 1.29 is 14.4 Å². The van der Waals surface area contributed by atoms with Crippen molar-refractivity contribution >= 4 is 52.3 Å². The number of fused-ring (bicyclic) bond motifs is 7. The molecule has 32 heavy (non-hydrogen) atoms. The van der Waals surface area contributed by atoms with E-state index in [2.05, 4.69) is 10.2 Å². The number of halogens is 2. The van der Waals surface area contributed by atoms with Gasteiger partial charge >= 0.3 is 0 Å². The van der Waals surface area contributed by atoms with Crippen molar-refractivity contribution in [2.75, 3.05) is 16.8 Å². The molecule has 4 aliphatic rings. The molecule has 0 aromatic heterocycles. The van der Waals surface area contributed by atoms with Crippen LogP contribution in [0.1, 0.15) is 29.5 Å². The van der Waals surface area contributed by atoms with Gasteiger partial charge in [0.2, 0.25) is 17.7 Å². The number of carbonyl (C=O) groups is 3. The molecule has 3 amide bonds. The summed E-state index contributed by atoms with van der Waals surface area (Å²) in [4.78, 5) is 44.7. The Bertz CT molecular complexity index is 1250. The van der Waals surface area contributed by atoms with Crippen LogP contribution in [0.4, 0.5) is 11.4 Å². The number of hydrogen-bond acceptors (Lipinski definition) is 4. The summed E-state index contributed by atoms with van der Waals surface area (Å²) in [5.74, 6) is -2.32. The van der Waals surface area contributed by atoms with Crippen molar-refractivity contribution in [3.63, 3.8) is 0 Å². The van der Waals surface area contributed by atoms with E-state index < -0.39 is 17.4 Å². The van der Waals surface area contributed by atoms with Gasteiger partial charge in [-0.05, 0) is 62.6 Å².